The normalized spacial score (nSPS) is 21.5. The monoisotopic (exact) mass is 520 g/mol. The molecule has 3 aliphatic rings. The quantitative estimate of drug-likeness (QED) is 0.590. The van der Waals surface area contributed by atoms with E-state index >= 15 is 0 Å². The molecule has 1 aromatic carbocycles. The lowest BCUT2D eigenvalue weighted by Gasteiger charge is -2.35. The van der Waals surface area contributed by atoms with Crippen molar-refractivity contribution in [2.24, 2.45) is 4.99 Å². The summed E-state index contributed by atoms with van der Waals surface area (Å²) in [4.78, 5) is 45.1. The summed E-state index contributed by atoms with van der Waals surface area (Å²) in [5, 5.41) is 6.12. The van der Waals surface area contributed by atoms with E-state index < -0.39 is 5.92 Å². The predicted octanol–water partition coefficient (Wildman–Crippen LogP) is 2.49. The van der Waals surface area contributed by atoms with Crippen LogP contribution in [0.1, 0.15) is 37.2 Å². The van der Waals surface area contributed by atoms with Crippen molar-refractivity contribution in [2.45, 2.75) is 31.6 Å². The number of carbonyl (C=O) groups is 2. The molecule has 2 amide bonds. The number of ether oxygens (including phenoxy) is 1. The molecule has 0 spiro atoms. The average Bonchev–Trinajstić information content (AvgIpc) is 3.25. The molecule has 4 heterocycles. The second-order valence-corrected chi connectivity index (χ2v) is 10.1. The van der Waals surface area contributed by atoms with E-state index in [1.54, 1.807) is 11.1 Å². The molecule has 1 aromatic heterocycles. The highest BCUT2D eigenvalue weighted by molar-refractivity contribution is 6.13. The molecule has 0 aliphatic carbocycles. The Bertz CT molecular complexity index is 1190. The summed E-state index contributed by atoms with van der Waals surface area (Å²) in [6.45, 7) is 5.46. The fraction of sp³-hybridized carbons (Fsp3) is 0.519. The maximum atomic E-state index is 12.8. The zero-order chi connectivity index (χ0) is 26.5. The van der Waals surface area contributed by atoms with Crippen LogP contribution in [0.25, 0.3) is 0 Å². The highest BCUT2D eigenvalue weighted by Crippen LogP contribution is 2.36. The van der Waals surface area contributed by atoms with Crippen LogP contribution in [0.3, 0.4) is 0 Å². The van der Waals surface area contributed by atoms with Crippen LogP contribution in [0.4, 0.5) is 23.0 Å². The molecular weight excluding hydrogens is 484 g/mol. The van der Waals surface area contributed by atoms with Gasteiger partial charge < -0.3 is 30.1 Å². The fourth-order valence-corrected chi connectivity index (χ4v) is 4.96. The van der Waals surface area contributed by atoms with Crippen molar-refractivity contribution in [1.29, 1.82) is 0 Å². The summed E-state index contributed by atoms with van der Waals surface area (Å²) in [6, 6.07) is 5.98. The minimum Gasteiger partial charge on any atom is -0.491 e. The third-order valence-electron chi connectivity index (χ3n) is 7.34. The predicted molar refractivity (Wildman–Crippen MR) is 148 cm³/mol. The molecule has 0 saturated carbocycles. The smallest absolute Gasteiger partial charge is 0.238 e. The number of aliphatic imine (C=N–C) groups is 1. The van der Waals surface area contributed by atoms with E-state index in [1.807, 2.05) is 19.2 Å². The molecule has 1 saturated heterocycles. The van der Waals surface area contributed by atoms with Gasteiger partial charge in [-0.3, -0.25) is 14.6 Å². The van der Waals surface area contributed by atoms with Gasteiger partial charge >= 0.3 is 0 Å². The molecule has 3 aliphatic heterocycles. The molecule has 202 valence electrons. The van der Waals surface area contributed by atoms with Crippen LogP contribution in [0.2, 0.25) is 0 Å². The number of rotatable bonds is 1. The third-order valence-corrected chi connectivity index (χ3v) is 7.34. The molecule has 5 rings (SSSR count). The van der Waals surface area contributed by atoms with E-state index in [9.17, 15) is 9.59 Å². The third kappa shape index (κ3) is 5.88. The van der Waals surface area contributed by atoms with Gasteiger partial charge in [-0.25, -0.2) is 9.97 Å². The van der Waals surface area contributed by atoms with Crippen LogP contribution in [-0.2, 0) is 9.59 Å². The van der Waals surface area contributed by atoms with Crippen LogP contribution < -0.4 is 20.3 Å². The van der Waals surface area contributed by atoms with E-state index in [2.05, 4.69) is 48.5 Å². The fourth-order valence-electron chi connectivity index (χ4n) is 4.96. The highest BCUT2D eigenvalue weighted by Gasteiger charge is 2.34. The molecule has 11 nitrogen and oxygen atoms in total. The zero-order valence-corrected chi connectivity index (χ0v) is 22.2. The number of nitrogens with one attached hydrogen (secondary N) is 2. The van der Waals surface area contributed by atoms with Gasteiger partial charge in [-0.1, -0.05) is 0 Å². The molecule has 0 radical (unpaired) electrons. The first kappa shape index (κ1) is 25.9. The summed E-state index contributed by atoms with van der Waals surface area (Å²) in [5.74, 6) is 1.13. The topological polar surface area (TPSA) is 115 Å². The van der Waals surface area contributed by atoms with Gasteiger partial charge in [0.2, 0.25) is 11.8 Å². The second-order valence-electron chi connectivity index (χ2n) is 10.1. The van der Waals surface area contributed by atoms with E-state index in [-0.39, 0.29) is 11.8 Å². The number of fused-ring (bicyclic) bond motifs is 2. The largest absolute Gasteiger partial charge is 0.491 e. The zero-order valence-electron chi connectivity index (χ0n) is 22.2. The second kappa shape index (κ2) is 11.8. The van der Waals surface area contributed by atoms with Gasteiger partial charge in [0.15, 0.2) is 0 Å². The summed E-state index contributed by atoms with van der Waals surface area (Å²) in [7, 11) is 3.95. The average molecular weight is 521 g/mol. The van der Waals surface area contributed by atoms with Crippen LogP contribution in [-0.4, -0.2) is 97.8 Å². The number of hydrogen-bond acceptors (Lipinski definition) is 9. The van der Waals surface area contributed by atoms with Crippen LogP contribution in [0, 0.1) is 0 Å². The van der Waals surface area contributed by atoms with E-state index in [0.29, 0.717) is 43.3 Å². The van der Waals surface area contributed by atoms with Crippen molar-refractivity contribution in [3.8, 4) is 5.75 Å². The number of amides is 2. The van der Waals surface area contributed by atoms with Gasteiger partial charge in [0, 0.05) is 65.0 Å². The van der Waals surface area contributed by atoms with Gasteiger partial charge in [0.05, 0.1) is 23.5 Å². The minimum absolute atomic E-state index is 0.116. The number of aromatic nitrogens is 2. The van der Waals surface area contributed by atoms with Crippen LogP contribution in [0.5, 0.6) is 5.75 Å². The summed E-state index contributed by atoms with van der Waals surface area (Å²) in [5.41, 5.74) is 2.44. The molecule has 1 fully saturated rings. The Balaban J connectivity index is 1.44. The molecule has 2 aromatic rings. The Hall–Kier alpha value is -3.73. The number of benzene rings is 1. The Kier molecular flexibility index (Phi) is 8.02. The Morgan fingerprint density at radius 1 is 0.974 bits per heavy atom. The lowest BCUT2D eigenvalue weighted by atomic mass is 10.0. The molecule has 1 unspecified atom stereocenters. The molecule has 38 heavy (non-hydrogen) atoms. The minimum atomic E-state index is -0.628. The molecule has 2 N–H and O–H groups in total. The Morgan fingerprint density at radius 3 is 2.63 bits per heavy atom. The summed E-state index contributed by atoms with van der Waals surface area (Å²) >= 11 is 0. The molecular formula is C27H36N8O3. The van der Waals surface area contributed by atoms with Crippen molar-refractivity contribution < 1.29 is 14.3 Å². The standard InChI is InChI=1S/C27H36N8O3/c1-33-11-13-35(14-12-33)21-8-7-19-16-22(21)38-15-5-3-4-6-23(36)34(2)10-9-28-25-24-20(17-29-19)27(37)32-26(24)31-18-30-25/h7-8,16-18,20H,3-6,9-15H2,1-2H3,(H2,28,30,31,32,37). The molecule has 11 heteroatoms. The van der Waals surface area contributed by atoms with Gasteiger partial charge in [0.25, 0.3) is 0 Å². The van der Waals surface area contributed by atoms with E-state index in [0.717, 1.165) is 62.6 Å². The lowest BCUT2D eigenvalue weighted by Crippen LogP contribution is -2.44. The molecule has 1 atom stereocenters. The molecule has 2 bridgehead atoms. The van der Waals surface area contributed by atoms with E-state index in [1.165, 1.54) is 6.33 Å². The summed E-state index contributed by atoms with van der Waals surface area (Å²) in [6.07, 6.45) is 6.19. The number of carbonyl (C=O) groups excluding carboxylic acids is 2. The van der Waals surface area contributed by atoms with Crippen LogP contribution in [0.15, 0.2) is 29.5 Å². The number of anilines is 3. The van der Waals surface area contributed by atoms with Gasteiger partial charge in [0.1, 0.15) is 29.6 Å². The highest BCUT2D eigenvalue weighted by atomic mass is 16.5. The number of likely N-dealkylation sites (N-methyl/N-ethyl adjacent to an activating group) is 2. The lowest BCUT2D eigenvalue weighted by molar-refractivity contribution is -0.129. The van der Waals surface area contributed by atoms with Crippen molar-refractivity contribution >= 4 is 41.0 Å². The van der Waals surface area contributed by atoms with Crippen molar-refractivity contribution in [1.82, 2.24) is 19.8 Å². The van der Waals surface area contributed by atoms with Gasteiger partial charge in [-0.05, 0) is 38.4 Å². The number of piperazine rings is 1. The SMILES string of the molecule is CN1CCN(c2ccc3cc2OCCCCCC(=O)N(C)CCNc2ncnc4c2C(C=N3)C(=O)N4)CC1. The number of hydrogen-bond donors (Lipinski definition) is 2. The Morgan fingerprint density at radius 2 is 1.79 bits per heavy atom. The van der Waals surface area contributed by atoms with Crippen molar-refractivity contribution in [2.75, 3.05) is 75.5 Å². The summed E-state index contributed by atoms with van der Waals surface area (Å²) < 4.78 is 6.28. The van der Waals surface area contributed by atoms with Gasteiger partial charge in [-0.15, -0.1) is 0 Å². The first-order valence-corrected chi connectivity index (χ1v) is 13.4. The van der Waals surface area contributed by atoms with E-state index in [4.69, 9.17) is 4.74 Å². The number of nitrogens with zero attached hydrogens (tertiary/aromatic N) is 6. The first-order chi connectivity index (χ1) is 18.5. The maximum absolute atomic E-state index is 12.8. The van der Waals surface area contributed by atoms with Gasteiger partial charge in [-0.2, -0.15) is 0 Å². The Labute approximate surface area is 223 Å². The van der Waals surface area contributed by atoms with Crippen molar-refractivity contribution in [3.63, 3.8) is 0 Å². The van der Waals surface area contributed by atoms with Crippen LogP contribution >= 0.6 is 0 Å². The van der Waals surface area contributed by atoms with Crippen molar-refractivity contribution in [3.05, 3.63) is 30.1 Å². The maximum Gasteiger partial charge on any atom is 0.238 e. The first-order valence-electron chi connectivity index (χ1n) is 13.4.